The first-order chi connectivity index (χ1) is 7.05. The molecule has 0 saturated carbocycles. The molecule has 0 aromatic rings. The largest absolute Gasteiger partial charge is 0.310 e. The molecule has 0 aromatic heterocycles. The van der Waals surface area contributed by atoms with Crippen LogP contribution >= 0.6 is 0 Å². The number of hydrogen-bond donors (Lipinski definition) is 2. The number of nitrogens with one attached hydrogen (secondary N) is 2. The van der Waals surface area contributed by atoms with E-state index < -0.39 is 0 Å². The molecule has 2 fully saturated rings. The molecule has 0 bridgehead atoms. The standard InChI is InChI=1S/C12H25N3/c1-12(2)7-11(8-13-12)14-10-5-4-6-15(3)9-10/h10-11,13-14H,4-9H2,1-3H3. The monoisotopic (exact) mass is 211 g/mol. The molecule has 3 nitrogen and oxygen atoms in total. The zero-order chi connectivity index (χ0) is 10.9. The summed E-state index contributed by atoms with van der Waals surface area (Å²) in [6.45, 7) is 8.21. The summed E-state index contributed by atoms with van der Waals surface area (Å²) in [6, 6.07) is 1.39. The molecule has 2 unspecified atom stereocenters. The molecular weight excluding hydrogens is 186 g/mol. The highest BCUT2D eigenvalue weighted by atomic mass is 15.2. The molecule has 2 heterocycles. The molecule has 0 aliphatic carbocycles. The number of likely N-dealkylation sites (N-methyl/N-ethyl adjacent to an activating group) is 1. The second-order valence-electron chi connectivity index (χ2n) is 5.93. The Morgan fingerprint density at radius 2 is 2.13 bits per heavy atom. The summed E-state index contributed by atoms with van der Waals surface area (Å²) in [5.41, 5.74) is 0.332. The molecule has 0 amide bonds. The van der Waals surface area contributed by atoms with Gasteiger partial charge in [0.05, 0.1) is 0 Å². The molecule has 2 N–H and O–H groups in total. The van der Waals surface area contributed by atoms with Crippen LogP contribution in [0.5, 0.6) is 0 Å². The van der Waals surface area contributed by atoms with Crippen LogP contribution in [-0.2, 0) is 0 Å². The van der Waals surface area contributed by atoms with Crippen molar-refractivity contribution in [1.82, 2.24) is 15.5 Å². The van der Waals surface area contributed by atoms with Gasteiger partial charge >= 0.3 is 0 Å². The van der Waals surface area contributed by atoms with Gasteiger partial charge in [-0.2, -0.15) is 0 Å². The highest BCUT2D eigenvalue weighted by molar-refractivity contribution is 4.95. The molecule has 88 valence electrons. The summed E-state index contributed by atoms with van der Waals surface area (Å²) >= 11 is 0. The molecule has 2 rings (SSSR count). The van der Waals surface area contributed by atoms with Crippen LogP contribution in [-0.4, -0.2) is 49.2 Å². The van der Waals surface area contributed by atoms with Crippen LogP contribution in [0.25, 0.3) is 0 Å². The third kappa shape index (κ3) is 3.16. The van der Waals surface area contributed by atoms with Gasteiger partial charge in [-0.1, -0.05) is 0 Å². The van der Waals surface area contributed by atoms with E-state index in [1.54, 1.807) is 0 Å². The number of nitrogens with zero attached hydrogens (tertiary/aromatic N) is 1. The predicted octanol–water partition coefficient (Wildman–Crippen LogP) is 0.811. The van der Waals surface area contributed by atoms with Crippen molar-refractivity contribution < 1.29 is 0 Å². The van der Waals surface area contributed by atoms with E-state index in [0.717, 1.165) is 6.54 Å². The van der Waals surface area contributed by atoms with Gasteiger partial charge in [-0.05, 0) is 46.7 Å². The SMILES string of the molecule is CN1CCCC(NC2CNC(C)(C)C2)C1. The highest BCUT2D eigenvalue weighted by Gasteiger charge is 2.31. The topological polar surface area (TPSA) is 27.3 Å². The smallest absolute Gasteiger partial charge is 0.0213 e. The zero-order valence-corrected chi connectivity index (χ0v) is 10.3. The Balaban J connectivity index is 1.77. The van der Waals surface area contributed by atoms with Crippen molar-refractivity contribution in [3.8, 4) is 0 Å². The Morgan fingerprint density at radius 3 is 2.73 bits per heavy atom. The number of hydrogen-bond acceptors (Lipinski definition) is 3. The van der Waals surface area contributed by atoms with Crippen LogP contribution in [0.15, 0.2) is 0 Å². The van der Waals surface area contributed by atoms with Crippen molar-refractivity contribution in [2.24, 2.45) is 0 Å². The van der Waals surface area contributed by atoms with E-state index in [1.165, 1.54) is 32.4 Å². The fraction of sp³-hybridized carbons (Fsp3) is 1.00. The maximum Gasteiger partial charge on any atom is 0.0213 e. The lowest BCUT2D eigenvalue weighted by atomic mass is 9.99. The molecule has 0 spiro atoms. The first-order valence-corrected chi connectivity index (χ1v) is 6.25. The molecule has 2 atom stereocenters. The Labute approximate surface area is 93.6 Å². The number of rotatable bonds is 2. The molecular formula is C12H25N3. The van der Waals surface area contributed by atoms with E-state index in [0.29, 0.717) is 17.6 Å². The lowest BCUT2D eigenvalue weighted by Crippen LogP contribution is -2.48. The second kappa shape index (κ2) is 4.40. The Kier molecular flexibility index (Phi) is 3.33. The van der Waals surface area contributed by atoms with E-state index in [-0.39, 0.29) is 0 Å². The van der Waals surface area contributed by atoms with Crippen LogP contribution in [0.1, 0.15) is 33.1 Å². The van der Waals surface area contributed by atoms with Gasteiger partial charge in [0.1, 0.15) is 0 Å². The van der Waals surface area contributed by atoms with Crippen molar-refractivity contribution in [1.29, 1.82) is 0 Å². The maximum atomic E-state index is 3.80. The van der Waals surface area contributed by atoms with E-state index in [1.807, 2.05) is 0 Å². The maximum absolute atomic E-state index is 3.80. The predicted molar refractivity (Wildman–Crippen MR) is 64.1 cm³/mol. The van der Waals surface area contributed by atoms with Crippen LogP contribution in [0, 0.1) is 0 Å². The van der Waals surface area contributed by atoms with Crippen molar-refractivity contribution in [2.75, 3.05) is 26.7 Å². The Bertz CT molecular complexity index is 215. The summed E-state index contributed by atoms with van der Waals surface area (Å²) in [5.74, 6) is 0. The molecule has 15 heavy (non-hydrogen) atoms. The molecule has 0 radical (unpaired) electrons. The van der Waals surface area contributed by atoms with Gasteiger partial charge in [-0.3, -0.25) is 0 Å². The third-order valence-electron chi connectivity index (χ3n) is 3.68. The first-order valence-electron chi connectivity index (χ1n) is 6.25. The summed E-state index contributed by atoms with van der Waals surface area (Å²) in [5, 5.41) is 7.37. The van der Waals surface area contributed by atoms with Gasteiger partial charge in [-0.15, -0.1) is 0 Å². The van der Waals surface area contributed by atoms with Gasteiger partial charge in [0.15, 0.2) is 0 Å². The van der Waals surface area contributed by atoms with Crippen molar-refractivity contribution in [3.05, 3.63) is 0 Å². The van der Waals surface area contributed by atoms with Gasteiger partial charge in [0.2, 0.25) is 0 Å². The van der Waals surface area contributed by atoms with Gasteiger partial charge < -0.3 is 15.5 Å². The summed E-state index contributed by atoms with van der Waals surface area (Å²) in [7, 11) is 2.23. The molecule has 2 aliphatic rings. The second-order valence-corrected chi connectivity index (χ2v) is 5.93. The van der Waals surface area contributed by atoms with Gasteiger partial charge in [0.25, 0.3) is 0 Å². The quantitative estimate of drug-likeness (QED) is 0.708. The average molecular weight is 211 g/mol. The van der Waals surface area contributed by atoms with Gasteiger partial charge in [-0.25, -0.2) is 0 Å². The summed E-state index contributed by atoms with van der Waals surface area (Å²) in [6.07, 6.45) is 3.95. The van der Waals surface area contributed by atoms with Crippen LogP contribution in [0.4, 0.5) is 0 Å². The highest BCUT2D eigenvalue weighted by Crippen LogP contribution is 2.19. The summed E-state index contributed by atoms with van der Waals surface area (Å²) in [4.78, 5) is 2.44. The fourth-order valence-corrected chi connectivity index (χ4v) is 2.91. The number of piperidine rings is 1. The minimum Gasteiger partial charge on any atom is -0.310 e. The lowest BCUT2D eigenvalue weighted by Gasteiger charge is -2.32. The van der Waals surface area contributed by atoms with Crippen LogP contribution < -0.4 is 10.6 Å². The normalized spacial score (nSPS) is 37.0. The zero-order valence-electron chi connectivity index (χ0n) is 10.3. The fourth-order valence-electron chi connectivity index (χ4n) is 2.91. The summed E-state index contributed by atoms with van der Waals surface area (Å²) < 4.78 is 0. The molecule has 2 aliphatic heterocycles. The van der Waals surface area contributed by atoms with E-state index in [2.05, 4.69) is 36.4 Å². The van der Waals surface area contributed by atoms with E-state index in [9.17, 15) is 0 Å². The minimum absolute atomic E-state index is 0.332. The Hall–Kier alpha value is -0.120. The third-order valence-corrected chi connectivity index (χ3v) is 3.68. The first kappa shape index (κ1) is 11.4. The Morgan fingerprint density at radius 1 is 1.33 bits per heavy atom. The van der Waals surface area contributed by atoms with Crippen molar-refractivity contribution in [2.45, 2.75) is 50.7 Å². The van der Waals surface area contributed by atoms with Crippen LogP contribution in [0.2, 0.25) is 0 Å². The van der Waals surface area contributed by atoms with E-state index in [4.69, 9.17) is 0 Å². The molecule has 2 saturated heterocycles. The number of likely N-dealkylation sites (tertiary alicyclic amines) is 1. The van der Waals surface area contributed by atoms with E-state index >= 15 is 0 Å². The average Bonchev–Trinajstić information content (AvgIpc) is 2.45. The molecule has 3 heteroatoms. The van der Waals surface area contributed by atoms with Crippen molar-refractivity contribution in [3.63, 3.8) is 0 Å². The van der Waals surface area contributed by atoms with Crippen molar-refractivity contribution >= 4 is 0 Å². The van der Waals surface area contributed by atoms with Crippen LogP contribution in [0.3, 0.4) is 0 Å². The van der Waals surface area contributed by atoms with Gasteiger partial charge in [0, 0.05) is 30.7 Å². The lowest BCUT2D eigenvalue weighted by molar-refractivity contribution is 0.217. The molecule has 0 aromatic carbocycles. The minimum atomic E-state index is 0.332.